The fourth-order valence-electron chi connectivity index (χ4n) is 13.9. The second-order valence-electron chi connectivity index (χ2n) is 32.6. The van der Waals surface area contributed by atoms with E-state index in [0.717, 1.165) is 72.3 Å². The number of carboxylic acid groups (broad SMARTS) is 2. The molecular formula is C104H118ClF3O15. The molecule has 0 aliphatic carbocycles. The molecule has 0 bridgehead atoms. The van der Waals surface area contributed by atoms with E-state index in [0.29, 0.717) is 103 Å². The summed E-state index contributed by atoms with van der Waals surface area (Å²) < 4.78 is 81.0. The number of allylic oxidation sites excluding steroid dienone is 4. The molecule has 0 spiro atoms. The number of benzene rings is 10. The molecule has 10 aromatic rings. The van der Waals surface area contributed by atoms with Crippen LogP contribution < -0.4 is 23.7 Å². The number of carboxylic acids is 2. The first-order valence-electron chi connectivity index (χ1n) is 40.5. The van der Waals surface area contributed by atoms with Gasteiger partial charge in [0, 0.05) is 22.6 Å². The summed E-state index contributed by atoms with van der Waals surface area (Å²) in [6.45, 7) is 34.4. The van der Waals surface area contributed by atoms with Crippen LogP contribution in [-0.4, -0.2) is 79.9 Å². The normalized spacial score (nSPS) is 12.0. The quantitative estimate of drug-likeness (QED) is 0.0171. The van der Waals surface area contributed by atoms with Gasteiger partial charge >= 0.3 is 23.9 Å². The molecule has 0 saturated carbocycles. The number of hydrogen-bond donors (Lipinski definition) is 4. The second kappa shape index (κ2) is 48.4. The molecule has 0 heterocycles. The van der Waals surface area contributed by atoms with E-state index in [9.17, 15) is 52.8 Å². The van der Waals surface area contributed by atoms with Crippen molar-refractivity contribution in [3.05, 3.63) is 330 Å². The number of alkyl halides is 1. The molecule has 0 aliphatic heterocycles. The standard InChI is InChI=1S/2C30H33FO4.C18H20ClFO.2C13H16O3/c2*1-6-8-21(17-29(32)33)22-9-7-10-24(16-22)35-19-20-11-13-25(27(15-20)30(2,3)4)26-18-23(34-5)12-14-28(26)31;1-18(2,3)16-9-12(11-19)5-7-14(16)15-10-13(21-4)6-8-17(15)20;2*1-3-5-10(9-13(15)16-2)11-6-4-7-12(14)8-11/h2*6-7,9-16,18,21H,1,8,17,19H2,2-5H3,(H,32,33);5-10H,11H2,1-4H3;2*3-4,6-8,10,14H,1,5,9H2,2H3/t2*21-;;2*10-/m10.10/s1. The maximum Gasteiger partial charge on any atom is 0.306 e. The van der Waals surface area contributed by atoms with Gasteiger partial charge in [-0.15, -0.1) is 37.9 Å². The van der Waals surface area contributed by atoms with Gasteiger partial charge in [-0.3, -0.25) is 19.2 Å². The van der Waals surface area contributed by atoms with E-state index in [-0.39, 0.29) is 93.6 Å². The number of ether oxygens (including phenoxy) is 7. The number of aliphatic carboxylic acids is 2. The topological polar surface area (TPSA) is 214 Å². The van der Waals surface area contributed by atoms with Crippen molar-refractivity contribution in [1.82, 2.24) is 0 Å². The molecule has 0 amide bonds. The van der Waals surface area contributed by atoms with Crippen LogP contribution in [0.15, 0.2) is 257 Å². The molecule has 10 rings (SSSR count). The van der Waals surface area contributed by atoms with Crippen molar-refractivity contribution in [2.24, 2.45) is 0 Å². The average molecular weight is 1700 g/mol. The Balaban J connectivity index is 0.000000248. The van der Waals surface area contributed by atoms with E-state index in [4.69, 9.17) is 35.3 Å². The predicted molar refractivity (Wildman–Crippen MR) is 487 cm³/mol. The molecule has 0 aromatic heterocycles. The summed E-state index contributed by atoms with van der Waals surface area (Å²) >= 11 is 5.93. The van der Waals surface area contributed by atoms with E-state index in [1.54, 1.807) is 118 Å². The Labute approximate surface area is 729 Å². The van der Waals surface area contributed by atoms with Crippen molar-refractivity contribution in [1.29, 1.82) is 0 Å². The molecule has 0 fully saturated rings. The number of phenols is 2. The summed E-state index contributed by atoms with van der Waals surface area (Å²) in [7, 11) is 7.46. The number of phenolic OH excluding ortho intramolecular Hbond substituents is 2. The molecular weight excluding hydrogens is 1580 g/mol. The monoisotopic (exact) mass is 1700 g/mol. The summed E-state index contributed by atoms with van der Waals surface area (Å²) in [6.07, 6.45) is 10.2. The summed E-state index contributed by atoms with van der Waals surface area (Å²) in [5.74, 6) is 0.720. The smallest absolute Gasteiger partial charge is 0.306 e. The molecule has 123 heavy (non-hydrogen) atoms. The van der Waals surface area contributed by atoms with Gasteiger partial charge in [0.15, 0.2) is 0 Å². The van der Waals surface area contributed by atoms with Gasteiger partial charge in [0.05, 0.1) is 61.2 Å². The first-order valence-corrected chi connectivity index (χ1v) is 41.0. The maximum atomic E-state index is 14.7. The number of methoxy groups -OCH3 is 5. The van der Waals surface area contributed by atoms with Crippen LogP contribution in [0.2, 0.25) is 0 Å². The third-order valence-electron chi connectivity index (χ3n) is 20.3. The highest BCUT2D eigenvalue weighted by molar-refractivity contribution is 6.17. The van der Waals surface area contributed by atoms with Crippen LogP contribution in [0.4, 0.5) is 13.2 Å². The molecule has 4 atom stereocenters. The third kappa shape index (κ3) is 31.3. The van der Waals surface area contributed by atoms with Crippen molar-refractivity contribution < 1.29 is 85.9 Å². The van der Waals surface area contributed by atoms with Crippen molar-refractivity contribution in [2.75, 3.05) is 35.5 Å². The number of aromatic hydroxyl groups is 2. The van der Waals surface area contributed by atoms with Gasteiger partial charge in [0.2, 0.25) is 0 Å². The fourth-order valence-corrected chi connectivity index (χ4v) is 14.0. The highest BCUT2D eigenvalue weighted by atomic mass is 35.5. The zero-order valence-corrected chi connectivity index (χ0v) is 73.9. The van der Waals surface area contributed by atoms with Gasteiger partial charge in [-0.2, -0.15) is 0 Å². The Bertz CT molecular complexity index is 4920. The minimum Gasteiger partial charge on any atom is -0.508 e. The van der Waals surface area contributed by atoms with E-state index in [1.165, 1.54) is 32.4 Å². The largest absolute Gasteiger partial charge is 0.508 e. The van der Waals surface area contributed by atoms with Crippen LogP contribution in [0.3, 0.4) is 0 Å². The lowest BCUT2D eigenvalue weighted by Crippen LogP contribution is -2.14. The first kappa shape index (κ1) is 99.5. The van der Waals surface area contributed by atoms with E-state index in [2.05, 4.69) is 116 Å². The summed E-state index contributed by atoms with van der Waals surface area (Å²) in [6, 6.07) is 61.0. The van der Waals surface area contributed by atoms with Crippen LogP contribution in [0.1, 0.15) is 193 Å². The Morgan fingerprint density at radius 3 is 0.911 bits per heavy atom. The van der Waals surface area contributed by atoms with Crippen molar-refractivity contribution >= 4 is 35.5 Å². The molecule has 15 nitrogen and oxygen atoms in total. The zero-order valence-electron chi connectivity index (χ0n) is 73.1. The number of esters is 2. The molecule has 19 heteroatoms. The number of carbonyl (C=O) groups excluding carboxylic acids is 2. The highest BCUT2D eigenvalue weighted by Gasteiger charge is 2.27. The Kier molecular flexibility index (Phi) is 39.2. The lowest BCUT2D eigenvalue weighted by Gasteiger charge is -2.25. The van der Waals surface area contributed by atoms with Gasteiger partial charge in [0.25, 0.3) is 0 Å². The van der Waals surface area contributed by atoms with Crippen LogP contribution in [0.5, 0.6) is 40.2 Å². The number of rotatable bonds is 33. The van der Waals surface area contributed by atoms with Crippen molar-refractivity contribution in [3.63, 3.8) is 0 Å². The summed E-state index contributed by atoms with van der Waals surface area (Å²) in [4.78, 5) is 45.0. The van der Waals surface area contributed by atoms with E-state index < -0.39 is 11.9 Å². The lowest BCUT2D eigenvalue weighted by molar-refractivity contribution is -0.142. The molecule has 0 aliphatic rings. The third-order valence-corrected chi connectivity index (χ3v) is 20.6. The van der Waals surface area contributed by atoms with Gasteiger partial charge in [-0.25, -0.2) is 13.2 Å². The number of carbonyl (C=O) groups is 4. The van der Waals surface area contributed by atoms with Gasteiger partial charge in [-0.05, 0) is 241 Å². The zero-order chi connectivity index (χ0) is 90.7. The van der Waals surface area contributed by atoms with Crippen LogP contribution in [0, 0.1) is 17.5 Å². The van der Waals surface area contributed by atoms with Gasteiger partial charge in [0.1, 0.15) is 70.9 Å². The Hall–Kier alpha value is -12.3. The number of halogens is 4. The SMILES string of the molecule is C=CC[C@@H](CC(=O)O)c1cccc(OCc2ccc(-c3cc(OC)ccc3F)c(C(C)(C)C)c2)c1.C=CC[C@@H](CC(=O)OC)c1cccc(O)c1.C=CC[C@H](CC(=O)O)c1cccc(OCc2ccc(-c3cc(OC)ccc3F)c(C(C)(C)C)c2)c1.C=CC[C@H](CC(=O)OC)c1cccc(O)c1.COc1ccc(F)c(-c2ccc(CCl)cc2C(C)(C)C)c1. The molecule has 4 N–H and O–H groups in total. The van der Waals surface area contributed by atoms with Crippen molar-refractivity contribution in [2.45, 2.75) is 173 Å². The van der Waals surface area contributed by atoms with Crippen molar-refractivity contribution in [3.8, 4) is 73.6 Å². The van der Waals surface area contributed by atoms with E-state index in [1.807, 2.05) is 97.1 Å². The van der Waals surface area contributed by atoms with Gasteiger partial charge in [-0.1, -0.05) is 190 Å². The van der Waals surface area contributed by atoms with Gasteiger partial charge < -0.3 is 53.6 Å². The summed E-state index contributed by atoms with van der Waals surface area (Å²) in [5.41, 5.74) is 13.2. The Morgan fingerprint density at radius 1 is 0.358 bits per heavy atom. The summed E-state index contributed by atoms with van der Waals surface area (Å²) in [5, 5.41) is 37.2. The second-order valence-corrected chi connectivity index (χ2v) is 32.9. The minimum atomic E-state index is -0.842. The first-order chi connectivity index (χ1) is 58.4. The molecule has 0 saturated heterocycles. The van der Waals surface area contributed by atoms with Crippen LogP contribution in [-0.2, 0) is 64.0 Å². The number of hydrogen-bond acceptors (Lipinski definition) is 13. The molecule has 652 valence electrons. The molecule has 0 unspecified atom stereocenters. The highest BCUT2D eigenvalue weighted by Crippen LogP contribution is 2.42. The molecule has 10 aromatic carbocycles. The average Bonchev–Trinajstić information content (AvgIpc) is 0.789. The maximum absolute atomic E-state index is 14.7. The minimum absolute atomic E-state index is 0.0112. The Morgan fingerprint density at radius 2 is 0.642 bits per heavy atom. The van der Waals surface area contributed by atoms with Crippen LogP contribution in [0.25, 0.3) is 33.4 Å². The lowest BCUT2D eigenvalue weighted by atomic mass is 9.81. The fraction of sp³-hybridized carbons (Fsp3) is 0.308. The molecule has 0 radical (unpaired) electrons. The van der Waals surface area contributed by atoms with Crippen LogP contribution >= 0.6 is 11.6 Å². The van der Waals surface area contributed by atoms with E-state index >= 15 is 0 Å². The predicted octanol–water partition coefficient (Wildman–Crippen LogP) is 25.8.